The second kappa shape index (κ2) is 21.8. The van der Waals surface area contributed by atoms with Gasteiger partial charge in [-0.25, -0.2) is 0 Å². The molecule has 4 aromatic carbocycles. The van der Waals surface area contributed by atoms with E-state index in [1.54, 1.807) is 0 Å². The summed E-state index contributed by atoms with van der Waals surface area (Å²) in [5.74, 6) is 0.685. The minimum Gasteiger partial charge on any atom is -0.418 e. The molecule has 0 bridgehead atoms. The third-order valence-corrected chi connectivity index (χ3v) is 11.7. The molecule has 0 nitrogen and oxygen atoms in total. The van der Waals surface area contributed by atoms with Crippen molar-refractivity contribution >= 4 is 44.3 Å². The average molecular weight is 726 g/mol. The first-order chi connectivity index (χ1) is 21.3. The number of hydrogen-bond acceptors (Lipinski definition) is 0. The van der Waals surface area contributed by atoms with Crippen LogP contribution in [0.3, 0.4) is 0 Å². The van der Waals surface area contributed by atoms with E-state index in [0.717, 1.165) is 0 Å². The fourth-order valence-corrected chi connectivity index (χ4v) is 9.67. The van der Waals surface area contributed by atoms with Gasteiger partial charge in [-0.2, -0.15) is 0 Å². The molecule has 8 heteroatoms. The number of halogens is 4. The molecule has 0 N–H and O–H groups in total. The first kappa shape index (κ1) is 38.4. The van der Waals surface area contributed by atoms with Crippen LogP contribution < -0.4 is 21.2 Å². The molecule has 0 amide bonds. The van der Waals surface area contributed by atoms with E-state index in [0.29, 0.717) is 5.92 Å². The van der Waals surface area contributed by atoms with Crippen LogP contribution in [0.4, 0.5) is 17.3 Å². The zero-order valence-corrected chi connectivity index (χ0v) is 28.9. The predicted octanol–water partition coefficient (Wildman–Crippen LogP) is 9.61. The maximum absolute atomic E-state index is 9.75. The SMILES string of the molecule is CC1C=CC=C1.F[B-](F)(F)F.[CH]1C=CC=C1.[Mo+2].c1ccc(P(CCP(c2ccccc2)c2ccccc2)c2ccccc2)cc1. The number of allylic oxidation sites excluding steroid dienone is 8. The molecule has 0 saturated carbocycles. The molecular weight excluding hydrogens is 689 g/mol. The predicted molar refractivity (Wildman–Crippen MR) is 188 cm³/mol. The summed E-state index contributed by atoms with van der Waals surface area (Å²) in [6.45, 7) is 2.17. The summed E-state index contributed by atoms with van der Waals surface area (Å²) in [5, 5.41) is 5.89. The Kier molecular flexibility index (Phi) is 18.6. The van der Waals surface area contributed by atoms with Crippen LogP contribution in [-0.2, 0) is 21.1 Å². The normalized spacial score (nSPS) is 12.9. The quantitative estimate of drug-likeness (QED) is 0.101. The molecule has 0 saturated heterocycles. The zero-order chi connectivity index (χ0) is 31.5. The molecule has 2 aliphatic rings. The summed E-state index contributed by atoms with van der Waals surface area (Å²) < 4.78 is 39.0. The fraction of sp³-hybridized carbons (Fsp3) is 0.108. The number of hydrogen-bond donors (Lipinski definition) is 0. The van der Waals surface area contributed by atoms with E-state index in [-0.39, 0.29) is 36.9 Å². The summed E-state index contributed by atoms with van der Waals surface area (Å²) >= 11 is 0. The second-order valence-corrected chi connectivity index (χ2v) is 14.4. The molecular formula is C37H37BF4MoP2+. The molecule has 0 spiro atoms. The van der Waals surface area contributed by atoms with Gasteiger partial charge in [-0.1, -0.05) is 177 Å². The van der Waals surface area contributed by atoms with Gasteiger partial charge in [-0.05, 0) is 55.3 Å². The van der Waals surface area contributed by atoms with E-state index >= 15 is 0 Å². The molecule has 0 aliphatic heterocycles. The molecule has 0 atom stereocenters. The molecule has 0 heterocycles. The molecule has 0 unspecified atom stereocenters. The fourth-order valence-electron chi connectivity index (χ4n) is 4.31. The van der Waals surface area contributed by atoms with Gasteiger partial charge in [0.05, 0.1) is 0 Å². The Hall–Kier alpha value is -2.83. The van der Waals surface area contributed by atoms with Crippen molar-refractivity contribution < 1.29 is 38.3 Å². The van der Waals surface area contributed by atoms with Crippen molar-refractivity contribution in [3.63, 3.8) is 0 Å². The third kappa shape index (κ3) is 16.3. The van der Waals surface area contributed by atoms with E-state index in [2.05, 4.69) is 153 Å². The van der Waals surface area contributed by atoms with Gasteiger partial charge >= 0.3 is 28.3 Å². The molecule has 0 aromatic heterocycles. The Balaban J connectivity index is 0.000000338. The Morgan fingerprint density at radius 1 is 0.467 bits per heavy atom. The molecule has 2 aliphatic carbocycles. The number of rotatable bonds is 7. The molecule has 0 fully saturated rings. The zero-order valence-electron chi connectivity index (χ0n) is 25.1. The van der Waals surface area contributed by atoms with Gasteiger partial charge in [-0.15, -0.1) is 0 Å². The van der Waals surface area contributed by atoms with Gasteiger partial charge in [0.2, 0.25) is 0 Å². The van der Waals surface area contributed by atoms with Gasteiger partial charge < -0.3 is 17.3 Å². The van der Waals surface area contributed by atoms with Crippen molar-refractivity contribution in [2.24, 2.45) is 5.92 Å². The molecule has 1 radical (unpaired) electrons. The van der Waals surface area contributed by atoms with Crippen LogP contribution in [0.25, 0.3) is 0 Å². The van der Waals surface area contributed by atoms with Crippen molar-refractivity contribution in [3.8, 4) is 0 Å². The molecule has 231 valence electrons. The van der Waals surface area contributed by atoms with Gasteiger partial charge in [0.1, 0.15) is 0 Å². The van der Waals surface area contributed by atoms with E-state index in [4.69, 9.17) is 0 Å². The summed E-state index contributed by atoms with van der Waals surface area (Å²) in [6, 6.07) is 44.2. The maximum Gasteiger partial charge on any atom is 2.00 e. The standard InChI is InChI=1S/C26H24P2.C6H8.C5H5.BF4.Mo/c1-5-13-23(14-6-1)27(24-15-7-2-8-16-24)21-22-28(25-17-9-3-10-18-25)26-19-11-4-12-20-26;1-6-4-2-3-5-6;1-2-4-5-3-1;2-1(3,4)5;/h1-20H,21-22H2;2-6H,1H3;1-5H;;/q;;;-1;+2. The van der Waals surface area contributed by atoms with E-state index in [1.807, 2.05) is 30.7 Å². The van der Waals surface area contributed by atoms with E-state index in [1.165, 1.54) is 33.5 Å². The topological polar surface area (TPSA) is 0 Å². The van der Waals surface area contributed by atoms with Crippen molar-refractivity contribution in [1.29, 1.82) is 0 Å². The van der Waals surface area contributed by atoms with Gasteiger partial charge in [0.25, 0.3) is 0 Å². The third-order valence-electron chi connectivity index (χ3n) is 6.31. The van der Waals surface area contributed by atoms with Gasteiger partial charge in [0.15, 0.2) is 0 Å². The summed E-state index contributed by atoms with van der Waals surface area (Å²) in [7, 11) is -6.70. The van der Waals surface area contributed by atoms with Crippen molar-refractivity contribution in [1.82, 2.24) is 0 Å². The Bertz CT molecular complexity index is 1260. The minimum absolute atomic E-state index is 0. The number of benzene rings is 4. The molecule has 4 aromatic rings. The van der Waals surface area contributed by atoms with Crippen LogP contribution in [0.5, 0.6) is 0 Å². The van der Waals surface area contributed by atoms with E-state index in [9.17, 15) is 17.3 Å². The van der Waals surface area contributed by atoms with Crippen LogP contribution in [0.2, 0.25) is 0 Å². The molecule has 45 heavy (non-hydrogen) atoms. The summed E-state index contributed by atoms with van der Waals surface area (Å²) in [4.78, 5) is 0. The van der Waals surface area contributed by atoms with Crippen LogP contribution in [0.15, 0.2) is 170 Å². The van der Waals surface area contributed by atoms with Crippen molar-refractivity contribution in [2.75, 3.05) is 12.3 Å². The minimum atomic E-state index is -6.00. The maximum atomic E-state index is 9.75. The van der Waals surface area contributed by atoms with Crippen LogP contribution >= 0.6 is 15.8 Å². The van der Waals surface area contributed by atoms with Crippen LogP contribution in [0.1, 0.15) is 6.92 Å². The Morgan fingerprint density at radius 2 is 0.733 bits per heavy atom. The Labute approximate surface area is 282 Å². The van der Waals surface area contributed by atoms with Crippen molar-refractivity contribution in [3.05, 3.63) is 176 Å². The smallest absolute Gasteiger partial charge is 0.418 e. The first-order valence-electron chi connectivity index (χ1n) is 14.5. The van der Waals surface area contributed by atoms with Crippen LogP contribution in [-0.4, -0.2) is 19.6 Å². The summed E-state index contributed by atoms with van der Waals surface area (Å²) in [6.07, 6.45) is 20.9. The average Bonchev–Trinajstić information content (AvgIpc) is 3.78. The summed E-state index contributed by atoms with van der Waals surface area (Å²) in [5.41, 5.74) is 0. The molecule has 6 rings (SSSR count). The second-order valence-electron chi connectivity index (χ2n) is 9.73. The first-order valence-corrected chi connectivity index (χ1v) is 17.5. The monoisotopic (exact) mass is 728 g/mol. The van der Waals surface area contributed by atoms with Gasteiger partial charge in [-0.3, -0.25) is 0 Å². The van der Waals surface area contributed by atoms with Gasteiger partial charge in [0, 0.05) is 6.42 Å². The van der Waals surface area contributed by atoms with Crippen molar-refractivity contribution in [2.45, 2.75) is 6.92 Å². The largest absolute Gasteiger partial charge is 2.00 e. The van der Waals surface area contributed by atoms with Crippen LogP contribution in [0, 0.1) is 12.3 Å². The van der Waals surface area contributed by atoms with E-state index < -0.39 is 7.25 Å². The Morgan fingerprint density at radius 3 is 0.911 bits per heavy atom.